The summed E-state index contributed by atoms with van der Waals surface area (Å²) >= 11 is 3.44. The maximum Gasteiger partial charge on any atom is 0.250 e. The predicted octanol–water partition coefficient (Wildman–Crippen LogP) is 2.49. The summed E-state index contributed by atoms with van der Waals surface area (Å²) in [6, 6.07) is 3.75. The number of aliphatic hydroxyl groups excluding tert-OH is 1. The zero-order valence-corrected chi connectivity index (χ0v) is 13.9. The van der Waals surface area contributed by atoms with E-state index in [0.29, 0.717) is 18.6 Å². The molecule has 22 heavy (non-hydrogen) atoms. The molecule has 1 aromatic heterocycles. The molecule has 6 heteroatoms. The first kappa shape index (κ1) is 15.5. The van der Waals surface area contributed by atoms with Gasteiger partial charge in [-0.05, 0) is 43.9 Å². The number of nitrogens with one attached hydrogen (secondary N) is 1. The topological polar surface area (TPSA) is 88.3 Å². The second-order valence-electron chi connectivity index (χ2n) is 5.67. The van der Waals surface area contributed by atoms with Gasteiger partial charge in [0, 0.05) is 28.1 Å². The van der Waals surface area contributed by atoms with Crippen molar-refractivity contribution in [3.63, 3.8) is 0 Å². The van der Waals surface area contributed by atoms with E-state index in [0.717, 1.165) is 33.9 Å². The summed E-state index contributed by atoms with van der Waals surface area (Å²) in [5.41, 5.74) is 9.02. The van der Waals surface area contributed by atoms with E-state index in [9.17, 15) is 9.90 Å². The maximum absolute atomic E-state index is 11.7. The quantitative estimate of drug-likeness (QED) is 0.726. The highest BCUT2D eigenvalue weighted by molar-refractivity contribution is 9.10. The van der Waals surface area contributed by atoms with Crippen LogP contribution >= 0.6 is 15.9 Å². The van der Waals surface area contributed by atoms with Gasteiger partial charge in [-0.1, -0.05) is 15.9 Å². The van der Waals surface area contributed by atoms with Crippen molar-refractivity contribution in [1.29, 1.82) is 0 Å². The van der Waals surface area contributed by atoms with Crippen LogP contribution in [0.5, 0.6) is 0 Å². The lowest BCUT2D eigenvalue weighted by Crippen LogP contribution is -2.29. The third-order valence-electron chi connectivity index (χ3n) is 4.31. The van der Waals surface area contributed by atoms with Gasteiger partial charge in [-0.25, -0.2) is 0 Å². The first-order valence-corrected chi connectivity index (χ1v) is 8.23. The number of aliphatic hydroxyl groups is 1. The summed E-state index contributed by atoms with van der Waals surface area (Å²) in [4.78, 5) is 15.0. The van der Waals surface area contributed by atoms with Crippen LogP contribution in [0.2, 0.25) is 0 Å². The molecule has 1 aliphatic rings. The molecule has 0 bridgehead atoms. The minimum absolute atomic E-state index is 0.0704. The Morgan fingerprint density at radius 2 is 2.36 bits per heavy atom. The number of amides is 1. The molecule has 1 aromatic carbocycles. The van der Waals surface area contributed by atoms with Gasteiger partial charge in [0.15, 0.2) is 6.29 Å². The summed E-state index contributed by atoms with van der Waals surface area (Å²) in [5.74, 6) is -0.378. The first-order valence-electron chi connectivity index (χ1n) is 7.43. The number of halogens is 1. The Morgan fingerprint density at radius 1 is 1.59 bits per heavy atom. The third-order valence-corrected chi connectivity index (χ3v) is 4.76. The average molecular weight is 367 g/mol. The van der Waals surface area contributed by atoms with Crippen molar-refractivity contribution < 1.29 is 14.6 Å². The lowest BCUT2D eigenvalue weighted by atomic mass is 9.86. The Hall–Kier alpha value is -1.37. The highest BCUT2D eigenvalue weighted by Crippen LogP contribution is 2.35. The number of aryl methyl sites for hydroxylation is 1. The summed E-state index contributed by atoms with van der Waals surface area (Å²) < 4.78 is 6.15. The molecule has 1 aliphatic carbocycles. The first-order chi connectivity index (χ1) is 10.5. The lowest BCUT2D eigenvalue weighted by molar-refractivity contribution is -0.132. The van der Waals surface area contributed by atoms with Gasteiger partial charge in [0.2, 0.25) is 0 Å². The molecule has 0 radical (unpaired) electrons. The fourth-order valence-electron chi connectivity index (χ4n) is 3.27. The largest absolute Gasteiger partial charge is 0.368 e. The van der Waals surface area contributed by atoms with E-state index in [1.54, 1.807) is 6.07 Å². The number of benzene rings is 1. The Balaban J connectivity index is 2.03. The molecule has 0 aliphatic heterocycles. The van der Waals surface area contributed by atoms with Gasteiger partial charge in [-0.3, -0.25) is 4.79 Å². The number of rotatable bonds is 4. The number of aromatic amines is 1. The monoisotopic (exact) mass is 366 g/mol. The molecular weight excluding hydrogens is 348 g/mol. The molecule has 2 atom stereocenters. The molecular formula is C16H19BrN2O3. The molecule has 2 aromatic rings. The van der Waals surface area contributed by atoms with E-state index in [1.807, 2.05) is 13.0 Å². The van der Waals surface area contributed by atoms with Gasteiger partial charge in [0.25, 0.3) is 5.91 Å². The second-order valence-corrected chi connectivity index (χ2v) is 6.59. The van der Waals surface area contributed by atoms with Crippen molar-refractivity contribution in [3.05, 3.63) is 33.4 Å². The van der Waals surface area contributed by atoms with Gasteiger partial charge in [-0.15, -0.1) is 0 Å². The van der Waals surface area contributed by atoms with Crippen LogP contribution in [0.15, 0.2) is 16.6 Å². The Morgan fingerprint density at radius 3 is 3.05 bits per heavy atom. The van der Waals surface area contributed by atoms with Crippen LogP contribution in [0.3, 0.4) is 0 Å². The number of carbonyl (C=O) groups is 1. The molecule has 1 heterocycles. The smallest absolute Gasteiger partial charge is 0.250 e. The molecule has 0 saturated carbocycles. The van der Waals surface area contributed by atoms with E-state index >= 15 is 0 Å². The van der Waals surface area contributed by atoms with E-state index in [-0.39, 0.29) is 5.92 Å². The van der Waals surface area contributed by atoms with Crippen molar-refractivity contribution in [2.45, 2.75) is 32.5 Å². The van der Waals surface area contributed by atoms with Crippen molar-refractivity contribution in [1.82, 2.24) is 4.98 Å². The van der Waals surface area contributed by atoms with E-state index in [2.05, 4.69) is 20.9 Å². The zero-order chi connectivity index (χ0) is 15.9. The van der Waals surface area contributed by atoms with Gasteiger partial charge in [0.1, 0.15) is 0 Å². The number of primary amides is 1. The molecule has 4 N–H and O–H groups in total. The van der Waals surface area contributed by atoms with Gasteiger partial charge < -0.3 is 20.6 Å². The van der Waals surface area contributed by atoms with Crippen LogP contribution in [0.1, 0.15) is 35.0 Å². The molecule has 0 spiro atoms. The van der Waals surface area contributed by atoms with E-state index in [4.69, 9.17) is 10.5 Å². The number of hydrogen-bond donors (Lipinski definition) is 3. The van der Waals surface area contributed by atoms with Crippen molar-refractivity contribution in [3.8, 4) is 0 Å². The number of carbonyl (C=O) groups excluding carboxylic acids is 1. The Kier molecular flexibility index (Phi) is 4.25. The summed E-state index contributed by atoms with van der Waals surface area (Å²) in [6.45, 7) is 2.37. The highest BCUT2D eigenvalue weighted by Gasteiger charge is 2.28. The fourth-order valence-corrected chi connectivity index (χ4v) is 3.72. The van der Waals surface area contributed by atoms with Crippen LogP contribution in [0.4, 0.5) is 0 Å². The Labute approximate surface area is 137 Å². The van der Waals surface area contributed by atoms with Crippen LogP contribution < -0.4 is 5.73 Å². The lowest BCUT2D eigenvalue weighted by Gasteiger charge is -2.26. The van der Waals surface area contributed by atoms with Gasteiger partial charge >= 0.3 is 0 Å². The number of ether oxygens (including phenoxy) is 1. The van der Waals surface area contributed by atoms with Crippen LogP contribution in [0, 0.1) is 5.92 Å². The van der Waals surface area contributed by atoms with Crippen molar-refractivity contribution in [2.75, 3.05) is 6.61 Å². The summed E-state index contributed by atoms with van der Waals surface area (Å²) in [7, 11) is 0. The second kappa shape index (κ2) is 6.02. The number of aromatic nitrogens is 1. The van der Waals surface area contributed by atoms with Crippen LogP contribution in [-0.2, 0) is 17.6 Å². The molecule has 0 fully saturated rings. The van der Waals surface area contributed by atoms with E-state index < -0.39 is 12.2 Å². The van der Waals surface area contributed by atoms with E-state index in [1.165, 1.54) is 5.56 Å². The molecule has 5 nitrogen and oxygen atoms in total. The molecule has 2 unspecified atom stereocenters. The fraction of sp³-hybridized carbons (Fsp3) is 0.438. The highest BCUT2D eigenvalue weighted by atomic mass is 79.9. The average Bonchev–Trinajstić information content (AvgIpc) is 2.84. The molecule has 3 rings (SSSR count). The third kappa shape index (κ3) is 2.66. The minimum Gasteiger partial charge on any atom is -0.368 e. The van der Waals surface area contributed by atoms with Crippen LogP contribution in [0.25, 0.3) is 10.9 Å². The maximum atomic E-state index is 11.7. The predicted molar refractivity (Wildman–Crippen MR) is 87.7 cm³/mol. The summed E-state index contributed by atoms with van der Waals surface area (Å²) in [5, 5.41) is 11.1. The number of hydrogen-bond acceptors (Lipinski definition) is 3. The SMILES string of the molecule is CCOC(O)C1CCc2c([nH]c3c(C(N)=O)cc(Br)cc23)C1. The minimum atomic E-state index is -0.744. The van der Waals surface area contributed by atoms with Gasteiger partial charge in [-0.2, -0.15) is 0 Å². The zero-order valence-electron chi connectivity index (χ0n) is 12.4. The molecule has 0 saturated heterocycles. The number of fused-ring (bicyclic) bond motifs is 3. The van der Waals surface area contributed by atoms with Crippen molar-refractivity contribution >= 4 is 32.7 Å². The Bertz CT molecular complexity index is 726. The normalized spacial score (nSPS) is 19.1. The standard InChI is InChI=1S/C16H19BrN2O3/c1-2-22-16(21)8-3-4-10-11-6-9(17)7-12(15(18)20)14(11)19-13(10)5-8/h6-8,16,19,21H,2-5H2,1H3,(H2,18,20). The van der Waals surface area contributed by atoms with Gasteiger partial charge in [0.05, 0.1) is 11.1 Å². The number of nitrogens with two attached hydrogens (primary N) is 1. The van der Waals surface area contributed by atoms with Crippen molar-refractivity contribution in [2.24, 2.45) is 11.7 Å². The van der Waals surface area contributed by atoms with Crippen LogP contribution in [-0.4, -0.2) is 28.9 Å². The molecule has 118 valence electrons. The number of H-pyrrole nitrogens is 1. The molecule has 1 amide bonds. The summed E-state index contributed by atoms with van der Waals surface area (Å²) in [6.07, 6.45) is 1.67.